The first-order valence-electron chi connectivity index (χ1n) is 9.77. The largest absolute Gasteiger partial charge is 0.492 e. The summed E-state index contributed by atoms with van der Waals surface area (Å²) in [6.45, 7) is 4.07. The lowest BCUT2D eigenvalue weighted by Crippen LogP contribution is -2.23. The molecule has 160 valence electrons. The number of rotatable bonds is 10. The van der Waals surface area contributed by atoms with E-state index in [0.29, 0.717) is 23.6 Å². The first-order valence-corrected chi connectivity index (χ1v) is 11.3. The van der Waals surface area contributed by atoms with Gasteiger partial charge in [-0.05, 0) is 42.0 Å². The third-order valence-electron chi connectivity index (χ3n) is 4.46. The van der Waals surface area contributed by atoms with Crippen molar-refractivity contribution in [2.24, 2.45) is 0 Å². The van der Waals surface area contributed by atoms with Crippen LogP contribution in [0.5, 0.6) is 5.75 Å². The van der Waals surface area contributed by atoms with Crippen molar-refractivity contribution in [1.82, 2.24) is 4.72 Å². The topological polar surface area (TPSA) is 84.5 Å². The van der Waals surface area contributed by atoms with Gasteiger partial charge in [-0.25, -0.2) is 13.1 Å². The van der Waals surface area contributed by atoms with E-state index >= 15 is 0 Å². The van der Waals surface area contributed by atoms with Crippen LogP contribution >= 0.6 is 0 Å². The van der Waals surface area contributed by atoms with Crippen molar-refractivity contribution in [3.8, 4) is 5.75 Å². The lowest BCUT2D eigenvalue weighted by molar-refractivity contribution is 0.102. The molecule has 3 aromatic rings. The van der Waals surface area contributed by atoms with Crippen molar-refractivity contribution < 1.29 is 17.9 Å². The summed E-state index contributed by atoms with van der Waals surface area (Å²) in [5, 5.41) is 2.78. The summed E-state index contributed by atoms with van der Waals surface area (Å²) in [5.41, 5.74) is 2.04. The Hall–Kier alpha value is -3.42. The molecule has 0 aliphatic heterocycles. The van der Waals surface area contributed by atoms with Gasteiger partial charge in [-0.15, -0.1) is 6.58 Å². The summed E-state index contributed by atoms with van der Waals surface area (Å²) in [6, 6.07) is 22.9. The first kappa shape index (κ1) is 22.3. The van der Waals surface area contributed by atoms with Gasteiger partial charge in [-0.3, -0.25) is 4.79 Å². The molecule has 1 amide bonds. The Bertz CT molecular complexity index is 1130. The maximum atomic E-state index is 12.8. The Balaban J connectivity index is 1.64. The molecule has 0 aliphatic carbocycles. The molecule has 0 bridgehead atoms. The summed E-state index contributed by atoms with van der Waals surface area (Å²) in [6.07, 6.45) is 2.19. The molecule has 3 aromatic carbocycles. The number of carbonyl (C=O) groups is 1. The van der Waals surface area contributed by atoms with Gasteiger partial charge in [0.15, 0.2) is 0 Å². The first-order chi connectivity index (χ1) is 15.0. The zero-order chi connectivity index (χ0) is 22.1. The van der Waals surface area contributed by atoms with Gasteiger partial charge in [-0.1, -0.05) is 48.5 Å². The van der Waals surface area contributed by atoms with E-state index < -0.39 is 10.0 Å². The zero-order valence-electron chi connectivity index (χ0n) is 17.0. The van der Waals surface area contributed by atoms with E-state index in [9.17, 15) is 13.2 Å². The van der Waals surface area contributed by atoms with Crippen LogP contribution in [-0.2, 0) is 16.4 Å². The van der Waals surface area contributed by atoms with Gasteiger partial charge in [0.2, 0.25) is 10.0 Å². The highest BCUT2D eigenvalue weighted by Gasteiger charge is 2.15. The fraction of sp³-hybridized carbons (Fsp3) is 0.125. The van der Waals surface area contributed by atoms with Crippen LogP contribution in [0, 0.1) is 0 Å². The number of nitrogens with one attached hydrogen (secondary N) is 2. The van der Waals surface area contributed by atoms with E-state index in [4.69, 9.17) is 4.74 Å². The minimum atomic E-state index is -3.61. The molecule has 2 N–H and O–H groups in total. The summed E-state index contributed by atoms with van der Waals surface area (Å²) >= 11 is 0. The molecular weight excluding hydrogens is 412 g/mol. The molecule has 31 heavy (non-hydrogen) atoms. The standard InChI is InChI=1S/C24H24N2O4S/c1-2-17-25-31(28,29)21-14-12-20(13-15-21)26-24(27)22-10-6-7-11-23(22)30-18-16-19-8-4-3-5-9-19/h2-15,25H,1,16-18H2,(H,26,27). The van der Waals surface area contributed by atoms with Gasteiger partial charge in [0.05, 0.1) is 17.1 Å². The van der Waals surface area contributed by atoms with Crippen molar-refractivity contribution in [2.75, 3.05) is 18.5 Å². The van der Waals surface area contributed by atoms with Crippen LogP contribution in [0.1, 0.15) is 15.9 Å². The molecule has 3 rings (SSSR count). The average Bonchev–Trinajstić information content (AvgIpc) is 2.79. The number of anilines is 1. The predicted octanol–water partition coefficient (Wildman–Crippen LogP) is 4.02. The molecule has 0 radical (unpaired) electrons. The lowest BCUT2D eigenvalue weighted by atomic mass is 10.1. The van der Waals surface area contributed by atoms with Gasteiger partial charge in [0, 0.05) is 18.7 Å². The Kier molecular flexibility index (Phi) is 7.59. The average molecular weight is 437 g/mol. The molecule has 0 aromatic heterocycles. The fourth-order valence-corrected chi connectivity index (χ4v) is 3.87. The van der Waals surface area contributed by atoms with E-state index in [2.05, 4.69) is 16.6 Å². The summed E-state index contributed by atoms with van der Waals surface area (Å²) in [4.78, 5) is 12.9. The van der Waals surface area contributed by atoms with Crippen molar-refractivity contribution in [1.29, 1.82) is 0 Å². The van der Waals surface area contributed by atoms with Crippen molar-refractivity contribution >= 4 is 21.6 Å². The number of amides is 1. The molecule has 0 saturated carbocycles. The van der Waals surface area contributed by atoms with E-state index in [1.165, 1.54) is 18.2 Å². The second-order valence-electron chi connectivity index (χ2n) is 6.70. The van der Waals surface area contributed by atoms with Crippen LogP contribution in [0.3, 0.4) is 0 Å². The van der Waals surface area contributed by atoms with Crippen molar-refractivity contribution in [3.63, 3.8) is 0 Å². The highest BCUT2D eigenvalue weighted by molar-refractivity contribution is 7.89. The minimum absolute atomic E-state index is 0.108. The van der Waals surface area contributed by atoms with Crippen LogP contribution in [0.2, 0.25) is 0 Å². The highest BCUT2D eigenvalue weighted by atomic mass is 32.2. The number of hydrogen-bond donors (Lipinski definition) is 2. The van der Waals surface area contributed by atoms with Crippen LogP contribution in [0.4, 0.5) is 5.69 Å². The van der Waals surface area contributed by atoms with Gasteiger partial charge >= 0.3 is 0 Å². The van der Waals surface area contributed by atoms with Crippen LogP contribution in [0.15, 0.2) is 96.4 Å². The van der Waals surface area contributed by atoms with E-state index in [1.54, 1.807) is 30.3 Å². The van der Waals surface area contributed by atoms with Crippen LogP contribution < -0.4 is 14.8 Å². The smallest absolute Gasteiger partial charge is 0.259 e. The second-order valence-corrected chi connectivity index (χ2v) is 8.47. The number of ether oxygens (including phenoxy) is 1. The van der Waals surface area contributed by atoms with E-state index in [0.717, 1.165) is 12.0 Å². The number of carbonyl (C=O) groups excluding carboxylic acids is 1. The summed E-state index contributed by atoms with van der Waals surface area (Å²) in [5.74, 6) is 0.152. The molecule has 7 heteroatoms. The van der Waals surface area contributed by atoms with Gasteiger partial charge in [-0.2, -0.15) is 0 Å². The number of sulfonamides is 1. The van der Waals surface area contributed by atoms with Crippen LogP contribution in [-0.4, -0.2) is 27.5 Å². The van der Waals surface area contributed by atoms with Gasteiger partial charge in [0.1, 0.15) is 5.75 Å². The molecule has 0 spiro atoms. The van der Waals surface area contributed by atoms with Crippen molar-refractivity contribution in [3.05, 3.63) is 103 Å². The van der Waals surface area contributed by atoms with Crippen molar-refractivity contribution in [2.45, 2.75) is 11.3 Å². The molecule has 0 atom stereocenters. The van der Waals surface area contributed by atoms with E-state index in [-0.39, 0.29) is 17.3 Å². The molecular formula is C24H24N2O4S. The predicted molar refractivity (Wildman–Crippen MR) is 122 cm³/mol. The third-order valence-corrected chi connectivity index (χ3v) is 5.90. The Labute approximate surface area is 182 Å². The Morgan fingerprint density at radius 1 is 0.935 bits per heavy atom. The van der Waals surface area contributed by atoms with Gasteiger partial charge < -0.3 is 10.1 Å². The van der Waals surface area contributed by atoms with Gasteiger partial charge in [0.25, 0.3) is 5.91 Å². The second kappa shape index (κ2) is 10.6. The summed E-state index contributed by atoms with van der Waals surface area (Å²) < 4.78 is 32.5. The Morgan fingerprint density at radius 2 is 1.61 bits per heavy atom. The lowest BCUT2D eigenvalue weighted by Gasteiger charge is -2.12. The normalized spacial score (nSPS) is 11.0. The SMILES string of the molecule is C=CCNS(=O)(=O)c1ccc(NC(=O)c2ccccc2OCCc2ccccc2)cc1. The molecule has 6 nitrogen and oxygen atoms in total. The maximum Gasteiger partial charge on any atom is 0.259 e. The number of benzene rings is 3. The number of para-hydroxylation sites is 1. The minimum Gasteiger partial charge on any atom is -0.492 e. The van der Waals surface area contributed by atoms with E-state index in [1.807, 2.05) is 36.4 Å². The fourth-order valence-electron chi connectivity index (χ4n) is 2.87. The monoisotopic (exact) mass is 436 g/mol. The molecule has 0 saturated heterocycles. The molecule has 0 fully saturated rings. The molecule has 0 aliphatic rings. The number of hydrogen-bond acceptors (Lipinski definition) is 4. The highest BCUT2D eigenvalue weighted by Crippen LogP contribution is 2.21. The zero-order valence-corrected chi connectivity index (χ0v) is 17.8. The molecule has 0 heterocycles. The maximum absolute atomic E-state index is 12.8. The Morgan fingerprint density at radius 3 is 2.32 bits per heavy atom. The summed E-state index contributed by atoms with van der Waals surface area (Å²) in [7, 11) is -3.61. The third kappa shape index (κ3) is 6.28. The van der Waals surface area contributed by atoms with Crippen LogP contribution in [0.25, 0.3) is 0 Å². The quantitative estimate of drug-likeness (QED) is 0.470. The molecule has 0 unspecified atom stereocenters.